The maximum Gasteiger partial charge on any atom is 0.120 e. The summed E-state index contributed by atoms with van der Waals surface area (Å²) in [7, 11) is 0. The van der Waals surface area contributed by atoms with Crippen LogP contribution >= 0.6 is 11.6 Å². The van der Waals surface area contributed by atoms with E-state index < -0.39 is 0 Å². The summed E-state index contributed by atoms with van der Waals surface area (Å²) < 4.78 is 0. The van der Waals surface area contributed by atoms with E-state index in [1.165, 1.54) is 0 Å². The number of halogens is 1. The molecular formula is C13H18ClNO. The Labute approximate surface area is 102 Å². The summed E-state index contributed by atoms with van der Waals surface area (Å²) in [4.78, 5) is 2.38. The summed E-state index contributed by atoms with van der Waals surface area (Å²) >= 11 is 5.93. The van der Waals surface area contributed by atoms with Gasteiger partial charge in [0, 0.05) is 30.2 Å². The fraction of sp³-hybridized carbons (Fsp3) is 0.538. The van der Waals surface area contributed by atoms with Gasteiger partial charge in [-0.15, -0.1) is 0 Å². The van der Waals surface area contributed by atoms with Gasteiger partial charge in [0.05, 0.1) is 0 Å². The van der Waals surface area contributed by atoms with E-state index in [4.69, 9.17) is 11.6 Å². The van der Waals surface area contributed by atoms with Gasteiger partial charge >= 0.3 is 0 Å². The first kappa shape index (κ1) is 11.7. The molecule has 1 saturated heterocycles. The molecule has 1 aromatic rings. The number of aromatic hydroxyl groups is 1. The van der Waals surface area contributed by atoms with E-state index in [1.54, 1.807) is 12.1 Å². The molecule has 1 N–H and O–H groups in total. The van der Waals surface area contributed by atoms with E-state index in [0.29, 0.717) is 10.8 Å². The van der Waals surface area contributed by atoms with Crippen LogP contribution in [0.4, 0.5) is 0 Å². The van der Waals surface area contributed by atoms with Crippen molar-refractivity contribution in [2.45, 2.75) is 20.4 Å². The first-order valence-corrected chi connectivity index (χ1v) is 6.14. The summed E-state index contributed by atoms with van der Waals surface area (Å²) in [6, 6.07) is 5.24. The lowest BCUT2D eigenvalue weighted by Gasteiger charge is -2.16. The molecule has 1 fully saturated rings. The van der Waals surface area contributed by atoms with Gasteiger partial charge in [0.25, 0.3) is 0 Å². The molecule has 88 valence electrons. The van der Waals surface area contributed by atoms with Gasteiger partial charge < -0.3 is 5.11 Å². The van der Waals surface area contributed by atoms with Gasteiger partial charge in [-0.25, -0.2) is 0 Å². The van der Waals surface area contributed by atoms with Gasteiger partial charge in [-0.2, -0.15) is 0 Å². The number of phenolic OH excluding ortho intramolecular Hbond substituents is 1. The third-order valence-corrected chi connectivity index (χ3v) is 3.73. The molecule has 2 unspecified atom stereocenters. The highest BCUT2D eigenvalue weighted by atomic mass is 35.5. The average Bonchev–Trinajstić information content (AvgIpc) is 2.52. The summed E-state index contributed by atoms with van der Waals surface area (Å²) in [6.07, 6.45) is 0. The monoisotopic (exact) mass is 239 g/mol. The molecule has 0 bridgehead atoms. The van der Waals surface area contributed by atoms with Gasteiger partial charge in [-0.05, 0) is 30.0 Å². The maximum atomic E-state index is 9.74. The summed E-state index contributed by atoms with van der Waals surface area (Å²) in [5.74, 6) is 1.82. The standard InChI is InChI=1S/C13H18ClNO/c1-9-6-15(7-10(9)2)8-11-5-12(14)3-4-13(11)16/h3-5,9-10,16H,6-8H2,1-2H3. The molecule has 0 saturated carbocycles. The largest absolute Gasteiger partial charge is 0.508 e. The summed E-state index contributed by atoms with van der Waals surface area (Å²) in [5, 5.41) is 10.4. The van der Waals surface area contributed by atoms with Crippen molar-refractivity contribution in [1.82, 2.24) is 4.90 Å². The molecule has 1 aliphatic rings. The third kappa shape index (κ3) is 2.50. The molecule has 0 aromatic heterocycles. The zero-order valence-electron chi connectivity index (χ0n) is 9.78. The molecule has 1 aromatic carbocycles. The first-order valence-electron chi connectivity index (χ1n) is 5.76. The molecule has 2 nitrogen and oxygen atoms in total. The van der Waals surface area contributed by atoms with Gasteiger partial charge in [0.2, 0.25) is 0 Å². The zero-order valence-corrected chi connectivity index (χ0v) is 10.5. The predicted octanol–water partition coefficient (Wildman–Crippen LogP) is 3.13. The highest BCUT2D eigenvalue weighted by molar-refractivity contribution is 6.30. The number of hydrogen-bond donors (Lipinski definition) is 1. The fourth-order valence-corrected chi connectivity index (χ4v) is 2.49. The van der Waals surface area contributed by atoms with E-state index in [-0.39, 0.29) is 0 Å². The van der Waals surface area contributed by atoms with E-state index in [1.807, 2.05) is 6.07 Å². The van der Waals surface area contributed by atoms with Crippen LogP contribution in [0.1, 0.15) is 19.4 Å². The minimum Gasteiger partial charge on any atom is -0.508 e. The lowest BCUT2D eigenvalue weighted by atomic mass is 10.0. The van der Waals surface area contributed by atoms with E-state index in [9.17, 15) is 5.11 Å². The van der Waals surface area contributed by atoms with Crippen LogP contribution in [0.2, 0.25) is 5.02 Å². The van der Waals surface area contributed by atoms with Crippen molar-refractivity contribution in [3.05, 3.63) is 28.8 Å². The summed E-state index contributed by atoms with van der Waals surface area (Å²) in [6.45, 7) is 7.56. The van der Waals surface area contributed by atoms with E-state index >= 15 is 0 Å². The van der Waals surface area contributed by atoms with E-state index in [2.05, 4.69) is 18.7 Å². The number of hydrogen-bond acceptors (Lipinski definition) is 2. The van der Waals surface area contributed by atoms with Gasteiger partial charge in [0.15, 0.2) is 0 Å². The van der Waals surface area contributed by atoms with Crippen LogP contribution in [-0.4, -0.2) is 23.1 Å². The van der Waals surface area contributed by atoms with Crippen molar-refractivity contribution >= 4 is 11.6 Å². The second kappa shape index (κ2) is 4.64. The second-order valence-electron chi connectivity index (χ2n) is 4.92. The van der Waals surface area contributed by atoms with Crippen LogP contribution in [0.5, 0.6) is 5.75 Å². The third-order valence-electron chi connectivity index (χ3n) is 3.50. The fourth-order valence-electron chi connectivity index (χ4n) is 2.30. The molecular weight excluding hydrogens is 222 g/mol. The molecule has 0 aliphatic carbocycles. The Morgan fingerprint density at radius 2 is 1.94 bits per heavy atom. The average molecular weight is 240 g/mol. The Morgan fingerprint density at radius 3 is 2.56 bits per heavy atom. The normalized spacial score (nSPS) is 26.2. The van der Waals surface area contributed by atoms with Gasteiger partial charge in [0.1, 0.15) is 5.75 Å². The number of benzene rings is 1. The minimum absolute atomic E-state index is 0.344. The molecule has 0 radical (unpaired) electrons. The van der Waals surface area contributed by atoms with Gasteiger partial charge in [-0.3, -0.25) is 4.90 Å². The molecule has 2 atom stereocenters. The van der Waals surface area contributed by atoms with E-state index in [0.717, 1.165) is 37.0 Å². The quantitative estimate of drug-likeness (QED) is 0.857. The van der Waals surface area contributed by atoms with Crippen molar-refractivity contribution in [2.24, 2.45) is 11.8 Å². The number of rotatable bonds is 2. The van der Waals surface area contributed by atoms with Crippen LogP contribution < -0.4 is 0 Å². The van der Waals surface area contributed by atoms with Crippen LogP contribution in [0, 0.1) is 11.8 Å². The van der Waals surface area contributed by atoms with Crippen LogP contribution in [-0.2, 0) is 6.54 Å². The SMILES string of the molecule is CC1CN(Cc2cc(Cl)ccc2O)CC1C. The highest BCUT2D eigenvalue weighted by Crippen LogP contribution is 2.27. The Bertz CT molecular complexity index is 370. The van der Waals surface area contributed by atoms with Crippen molar-refractivity contribution in [2.75, 3.05) is 13.1 Å². The van der Waals surface area contributed by atoms with Crippen molar-refractivity contribution < 1.29 is 5.11 Å². The number of nitrogens with zero attached hydrogens (tertiary/aromatic N) is 1. The maximum absolute atomic E-state index is 9.74. The Morgan fingerprint density at radius 1 is 1.31 bits per heavy atom. The van der Waals surface area contributed by atoms with Crippen LogP contribution in [0.25, 0.3) is 0 Å². The summed E-state index contributed by atoms with van der Waals surface area (Å²) in [5.41, 5.74) is 0.925. The van der Waals surface area contributed by atoms with Gasteiger partial charge in [-0.1, -0.05) is 25.4 Å². The Hall–Kier alpha value is -0.730. The lowest BCUT2D eigenvalue weighted by Crippen LogP contribution is -2.20. The van der Waals surface area contributed by atoms with Crippen molar-refractivity contribution in [3.63, 3.8) is 0 Å². The molecule has 16 heavy (non-hydrogen) atoms. The smallest absolute Gasteiger partial charge is 0.120 e. The molecule has 0 spiro atoms. The van der Waals surface area contributed by atoms with Crippen molar-refractivity contribution in [3.8, 4) is 5.75 Å². The minimum atomic E-state index is 0.344. The lowest BCUT2D eigenvalue weighted by molar-refractivity contribution is 0.310. The number of phenols is 1. The highest BCUT2D eigenvalue weighted by Gasteiger charge is 2.26. The first-order chi connectivity index (χ1) is 7.56. The van der Waals surface area contributed by atoms with Crippen LogP contribution in [0.3, 0.4) is 0 Å². The molecule has 2 rings (SSSR count). The Balaban J connectivity index is 2.07. The zero-order chi connectivity index (χ0) is 11.7. The molecule has 1 heterocycles. The predicted molar refractivity (Wildman–Crippen MR) is 66.7 cm³/mol. The second-order valence-corrected chi connectivity index (χ2v) is 5.36. The topological polar surface area (TPSA) is 23.5 Å². The molecule has 0 amide bonds. The molecule has 3 heteroatoms. The number of likely N-dealkylation sites (tertiary alicyclic amines) is 1. The van der Waals surface area contributed by atoms with Crippen LogP contribution in [0.15, 0.2) is 18.2 Å². The Kier molecular flexibility index (Phi) is 3.41. The molecule has 1 aliphatic heterocycles. The van der Waals surface area contributed by atoms with Crippen molar-refractivity contribution in [1.29, 1.82) is 0 Å².